The summed E-state index contributed by atoms with van der Waals surface area (Å²) in [5, 5.41) is 73.5. The number of fused-ring (bicyclic) bond motifs is 6. The molecule has 0 N–H and O–H groups in total. The van der Waals surface area contributed by atoms with Crippen molar-refractivity contribution in [1.82, 2.24) is 9.13 Å². The van der Waals surface area contributed by atoms with Crippen LogP contribution in [0.15, 0.2) is 103 Å². The van der Waals surface area contributed by atoms with Crippen LogP contribution in [0.25, 0.3) is 66.1 Å². The Kier molecular flexibility index (Phi) is 6.96. The van der Waals surface area contributed by atoms with E-state index in [-0.39, 0.29) is 16.7 Å². The Morgan fingerprint density at radius 3 is 1.04 bits per heavy atom. The SMILES string of the molecule is N#Cc1cc(C#N)cc(-c2cc(-n3c4cc(C#N)ccc4c4ccc(C#N)cc43)c(C#N)cc2-n2c3cc(C#N)ccc3c3ccc(C#N)cc32)c1. The summed E-state index contributed by atoms with van der Waals surface area (Å²) in [5.74, 6) is 0. The fraction of sp³-hybridized carbons (Fsp3) is 0. The Labute approximate surface area is 295 Å². The van der Waals surface area contributed by atoms with Gasteiger partial charge in [0.1, 0.15) is 6.07 Å². The van der Waals surface area contributed by atoms with Crippen LogP contribution >= 0.6 is 0 Å². The van der Waals surface area contributed by atoms with Gasteiger partial charge >= 0.3 is 0 Å². The van der Waals surface area contributed by atoms with Crippen LogP contribution in [0.1, 0.15) is 38.9 Å². The summed E-state index contributed by atoms with van der Waals surface area (Å²) in [6.45, 7) is 0. The molecule has 0 fully saturated rings. The maximum absolute atomic E-state index is 10.9. The Hall–Kier alpha value is -8.65. The van der Waals surface area contributed by atoms with Crippen molar-refractivity contribution >= 4 is 43.6 Å². The summed E-state index contributed by atoms with van der Waals surface area (Å²) in [6, 6.07) is 45.0. The molecule has 234 valence electrons. The van der Waals surface area contributed by atoms with E-state index in [1.165, 1.54) is 6.07 Å². The Balaban J connectivity index is 1.59. The lowest BCUT2D eigenvalue weighted by Crippen LogP contribution is -2.04. The second kappa shape index (κ2) is 11.8. The van der Waals surface area contributed by atoms with E-state index in [4.69, 9.17) is 0 Å². The second-order valence-electron chi connectivity index (χ2n) is 12.1. The zero-order chi connectivity index (χ0) is 36.1. The van der Waals surface area contributed by atoms with Gasteiger partial charge in [-0.3, -0.25) is 0 Å². The normalized spacial score (nSPS) is 10.6. The van der Waals surface area contributed by atoms with Gasteiger partial charge in [0.15, 0.2) is 0 Å². The van der Waals surface area contributed by atoms with E-state index < -0.39 is 0 Å². The molecule has 0 saturated carbocycles. The lowest BCUT2D eigenvalue weighted by Gasteiger charge is -2.19. The number of nitrogens with zero attached hydrogens (tertiary/aromatic N) is 9. The highest BCUT2D eigenvalue weighted by Crippen LogP contribution is 2.41. The van der Waals surface area contributed by atoms with Crippen molar-refractivity contribution in [1.29, 1.82) is 36.8 Å². The van der Waals surface area contributed by atoms with E-state index in [0.29, 0.717) is 66.8 Å². The maximum Gasteiger partial charge on any atom is 0.101 e. The molecule has 0 radical (unpaired) electrons. The standard InChI is InChI=1S/C43H17N9/c44-18-25-1-5-33-34-6-2-26(19-45)13-40(34)51(39(33)12-25)38-17-37(31-10-29(22-48)9-30(11-31)23-49)43(16-32(38)24-50)52-41-14-27(20-46)3-7-35(41)36-8-4-28(21-47)15-42(36)52/h1-17H. The highest BCUT2D eigenvalue weighted by Gasteiger charge is 2.23. The largest absolute Gasteiger partial charge is 0.308 e. The van der Waals surface area contributed by atoms with Gasteiger partial charge in [0, 0.05) is 27.1 Å². The molecule has 0 amide bonds. The van der Waals surface area contributed by atoms with Gasteiger partial charge in [-0.05, 0) is 84.4 Å². The minimum atomic E-state index is 0.238. The molecular weight excluding hydrogens is 643 g/mol. The quantitative estimate of drug-likeness (QED) is 0.182. The predicted molar refractivity (Wildman–Crippen MR) is 194 cm³/mol. The van der Waals surface area contributed by atoms with E-state index in [1.54, 1.807) is 66.7 Å². The van der Waals surface area contributed by atoms with Crippen molar-refractivity contribution < 1.29 is 0 Å². The average Bonchev–Trinajstić information content (AvgIpc) is 3.70. The molecule has 9 heteroatoms. The zero-order valence-electron chi connectivity index (χ0n) is 26.8. The van der Waals surface area contributed by atoms with Gasteiger partial charge in [-0.2, -0.15) is 36.8 Å². The summed E-state index contributed by atoms with van der Waals surface area (Å²) < 4.78 is 3.75. The van der Waals surface area contributed by atoms with Crippen LogP contribution in [-0.2, 0) is 0 Å². The number of hydrogen-bond acceptors (Lipinski definition) is 7. The van der Waals surface area contributed by atoms with Gasteiger partial charge in [0.05, 0.1) is 109 Å². The van der Waals surface area contributed by atoms with Crippen molar-refractivity contribution in [2.45, 2.75) is 0 Å². The predicted octanol–water partition coefficient (Wildman–Crippen LogP) is 8.65. The fourth-order valence-corrected chi connectivity index (χ4v) is 7.01. The summed E-state index contributed by atoms with van der Waals surface area (Å²) >= 11 is 0. The zero-order valence-corrected chi connectivity index (χ0v) is 26.8. The Morgan fingerprint density at radius 1 is 0.327 bits per heavy atom. The van der Waals surface area contributed by atoms with Crippen molar-refractivity contribution in [3.05, 3.63) is 142 Å². The molecule has 2 heterocycles. The molecule has 2 aromatic heterocycles. The molecule has 9 nitrogen and oxygen atoms in total. The molecular formula is C43H17N9. The third-order valence-corrected chi connectivity index (χ3v) is 9.27. The van der Waals surface area contributed by atoms with E-state index in [2.05, 4.69) is 42.5 Å². The molecule has 0 aliphatic carbocycles. The molecule has 0 bridgehead atoms. The van der Waals surface area contributed by atoms with Crippen LogP contribution in [0.2, 0.25) is 0 Å². The molecule has 0 spiro atoms. The van der Waals surface area contributed by atoms with Gasteiger partial charge in [0.25, 0.3) is 0 Å². The van der Waals surface area contributed by atoms with Gasteiger partial charge in [0.2, 0.25) is 0 Å². The van der Waals surface area contributed by atoms with Gasteiger partial charge < -0.3 is 9.13 Å². The minimum absolute atomic E-state index is 0.238. The lowest BCUT2D eigenvalue weighted by atomic mass is 9.96. The topological polar surface area (TPSA) is 176 Å². The van der Waals surface area contributed by atoms with E-state index in [1.807, 2.05) is 39.5 Å². The Bertz CT molecular complexity index is 3040. The number of rotatable bonds is 3. The van der Waals surface area contributed by atoms with Gasteiger partial charge in [-0.1, -0.05) is 24.3 Å². The molecule has 0 aliphatic heterocycles. The maximum atomic E-state index is 10.9. The fourth-order valence-electron chi connectivity index (χ4n) is 7.01. The summed E-state index contributed by atoms with van der Waals surface area (Å²) in [4.78, 5) is 0. The van der Waals surface area contributed by atoms with Gasteiger partial charge in [-0.15, -0.1) is 0 Å². The highest BCUT2D eigenvalue weighted by molar-refractivity contribution is 6.12. The minimum Gasteiger partial charge on any atom is -0.308 e. The van der Waals surface area contributed by atoms with Crippen molar-refractivity contribution in [2.75, 3.05) is 0 Å². The van der Waals surface area contributed by atoms with Crippen molar-refractivity contribution in [2.24, 2.45) is 0 Å². The first-order valence-electron chi connectivity index (χ1n) is 15.7. The van der Waals surface area contributed by atoms with Crippen LogP contribution < -0.4 is 0 Å². The third-order valence-electron chi connectivity index (χ3n) is 9.27. The molecule has 8 aromatic rings. The molecule has 6 aromatic carbocycles. The van der Waals surface area contributed by atoms with E-state index in [9.17, 15) is 36.8 Å². The molecule has 0 atom stereocenters. The number of nitriles is 7. The molecule has 0 unspecified atom stereocenters. The monoisotopic (exact) mass is 659 g/mol. The summed E-state index contributed by atoms with van der Waals surface area (Å²) in [6.07, 6.45) is 0. The molecule has 0 aliphatic rings. The molecule has 52 heavy (non-hydrogen) atoms. The lowest BCUT2D eigenvalue weighted by molar-refractivity contribution is 1.13. The molecule has 8 rings (SSSR count). The number of benzene rings is 6. The first kappa shape index (κ1) is 30.7. The highest BCUT2D eigenvalue weighted by atomic mass is 15.0. The summed E-state index contributed by atoms with van der Waals surface area (Å²) in [7, 11) is 0. The second-order valence-corrected chi connectivity index (χ2v) is 12.1. The van der Waals surface area contributed by atoms with Crippen LogP contribution in [0.5, 0.6) is 0 Å². The van der Waals surface area contributed by atoms with Crippen LogP contribution in [0.3, 0.4) is 0 Å². The van der Waals surface area contributed by atoms with E-state index >= 15 is 0 Å². The smallest absolute Gasteiger partial charge is 0.101 e. The number of aromatic nitrogens is 2. The van der Waals surface area contributed by atoms with E-state index in [0.717, 1.165) is 21.5 Å². The summed E-state index contributed by atoms with van der Waals surface area (Å²) in [5.41, 5.74) is 6.90. The van der Waals surface area contributed by atoms with Crippen LogP contribution in [-0.4, -0.2) is 9.13 Å². The van der Waals surface area contributed by atoms with Crippen LogP contribution in [0.4, 0.5) is 0 Å². The Morgan fingerprint density at radius 2 is 0.692 bits per heavy atom. The average molecular weight is 660 g/mol. The van der Waals surface area contributed by atoms with Crippen molar-refractivity contribution in [3.8, 4) is 65.0 Å². The van der Waals surface area contributed by atoms with Crippen LogP contribution in [0, 0.1) is 79.3 Å². The van der Waals surface area contributed by atoms with Crippen molar-refractivity contribution in [3.63, 3.8) is 0 Å². The first-order valence-corrected chi connectivity index (χ1v) is 15.7. The third kappa shape index (κ3) is 4.57. The molecule has 0 saturated heterocycles. The first-order chi connectivity index (χ1) is 25.4. The number of hydrogen-bond donors (Lipinski definition) is 0. The van der Waals surface area contributed by atoms with Gasteiger partial charge in [-0.25, -0.2) is 0 Å².